The second-order valence-corrected chi connectivity index (χ2v) is 4.31. The van der Waals surface area contributed by atoms with E-state index < -0.39 is 5.97 Å². The molecular weight excluding hydrogens is 244 g/mol. The number of carbonyl (C=O) groups excluding carboxylic acids is 1. The lowest BCUT2D eigenvalue weighted by Gasteiger charge is -2.10. The standard InChI is InChI=1S/C14H20N2O3/c1-15-10-4-7-13(17)16-12-6-3-2-5-11(12)8-9-14(18)19/h2-3,5-6,15H,4,7-10H2,1H3,(H,16,17)(H,18,19). The van der Waals surface area contributed by atoms with Crippen LogP contribution in [0.5, 0.6) is 0 Å². The van der Waals surface area contributed by atoms with Crippen molar-refractivity contribution in [3.05, 3.63) is 29.8 Å². The average molecular weight is 264 g/mol. The Bertz CT molecular complexity index is 432. The summed E-state index contributed by atoms with van der Waals surface area (Å²) in [4.78, 5) is 22.3. The number of anilines is 1. The Morgan fingerprint density at radius 2 is 1.95 bits per heavy atom. The van der Waals surface area contributed by atoms with Crippen LogP contribution >= 0.6 is 0 Å². The summed E-state index contributed by atoms with van der Waals surface area (Å²) in [5, 5.41) is 14.5. The van der Waals surface area contributed by atoms with Crippen LogP contribution in [0.25, 0.3) is 0 Å². The Balaban J connectivity index is 2.56. The second kappa shape index (κ2) is 8.26. The normalized spacial score (nSPS) is 10.2. The molecule has 0 aliphatic rings. The van der Waals surface area contributed by atoms with Gasteiger partial charge in [-0.2, -0.15) is 0 Å². The smallest absolute Gasteiger partial charge is 0.303 e. The number of hydrogen-bond donors (Lipinski definition) is 3. The van der Waals surface area contributed by atoms with Gasteiger partial charge in [-0.25, -0.2) is 0 Å². The van der Waals surface area contributed by atoms with Gasteiger partial charge >= 0.3 is 5.97 Å². The van der Waals surface area contributed by atoms with Crippen LogP contribution in [0.2, 0.25) is 0 Å². The summed E-state index contributed by atoms with van der Waals surface area (Å²) >= 11 is 0. The third-order valence-electron chi connectivity index (χ3n) is 2.73. The molecule has 5 heteroatoms. The predicted octanol–water partition coefficient (Wildman–Crippen LogP) is 1.64. The second-order valence-electron chi connectivity index (χ2n) is 4.31. The predicted molar refractivity (Wildman–Crippen MR) is 74.2 cm³/mol. The molecule has 0 saturated heterocycles. The van der Waals surface area contributed by atoms with Crippen LogP contribution in [-0.2, 0) is 16.0 Å². The van der Waals surface area contributed by atoms with Gasteiger partial charge in [0, 0.05) is 18.5 Å². The van der Waals surface area contributed by atoms with Gasteiger partial charge in [-0.05, 0) is 38.1 Å². The number of carboxylic acids is 1. The number of amides is 1. The fraction of sp³-hybridized carbons (Fsp3) is 0.429. The summed E-state index contributed by atoms with van der Waals surface area (Å²) in [5.74, 6) is -0.881. The Morgan fingerprint density at radius 3 is 2.63 bits per heavy atom. The van der Waals surface area contributed by atoms with Crippen LogP contribution in [0.4, 0.5) is 5.69 Å². The van der Waals surface area contributed by atoms with E-state index in [1.807, 2.05) is 25.2 Å². The fourth-order valence-electron chi connectivity index (χ4n) is 1.74. The highest BCUT2D eigenvalue weighted by molar-refractivity contribution is 5.91. The highest BCUT2D eigenvalue weighted by Gasteiger charge is 2.07. The van der Waals surface area contributed by atoms with Crippen molar-refractivity contribution < 1.29 is 14.7 Å². The molecule has 0 fully saturated rings. The SMILES string of the molecule is CNCCCC(=O)Nc1ccccc1CCC(=O)O. The lowest BCUT2D eigenvalue weighted by molar-refractivity contribution is -0.136. The Labute approximate surface area is 113 Å². The number of para-hydroxylation sites is 1. The van der Waals surface area contributed by atoms with Crippen molar-refractivity contribution in [2.45, 2.75) is 25.7 Å². The zero-order valence-corrected chi connectivity index (χ0v) is 11.1. The van der Waals surface area contributed by atoms with Crippen LogP contribution in [0.1, 0.15) is 24.8 Å². The van der Waals surface area contributed by atoms with E-state index in [1.54, 1.807) is 6.07 Å². The number of carbonyl (C=O) groups is 2. The Hall–Kier alpha value is -1.88. The minimum Gasteiger partial charge on any atom is -0.481 e. The highest BCUT2D eigenvalue weighted by atomic mass is 16.4. The van der Waals surface area contributed by atoms with Gasteiger partial charge in [0.2, 0.25) is 5.91 Å². The van der Waals surface area contributed by atoms with Gasteiger partial charge in [0.1, 0.15) is 0 Å². The molecule has 0 heterocycles. The first-order valence-electron chi connectivity index (χ1n) is 6.37. The van der Waals surface area contributed by atoms with E-state index in [-0.39, 0.29) is 12.3 Å². The Kier molecular flexibility index (Phi) is 6.60. The molecule has 1 aromatic carbocycles. The molecule has 0 aromatic heterocycles. The maximum absolute atomic E-state index is 11.7. The number of benzene rings is 1. The number of aryl methyl sites for hydroxylation is 1. The zero-order valence-electron chi connectivity index (χ0n) is 11.1. The topological polar surface area (TPSA) is 78.4 Å². The summed E-state index contributed by atoms with van der Waals surface area (Å²) in [6.45, 7) is 0.800. The van der Waals surface area contributed by atoms with Gasteiger partial charge in [0.25, 0.3) is 0 Å². The quantitative estimate of drug-likeness (QED) is 0.624. The van der Waals surface area contributed by atoms with E-state index in [4.69, 9.17) is 5.11 Å². The van der Waals surface area contributed by atoms with Crippen LogP contribution in [0.3, 0.4) is 0 Å². The van der Waals surface area contributed by atoms with E-state index in [2.05, 4.69) is 10.6 Å². The van der Waals surface area contributed by atoms with E-state index in [0.29, 0.717) is 18.5 Å². The molecule has 104 valence electrons. The highest BCUT2D eigenvalue weighted by Crippen LogP contribution is 2.17. The van der Waals surface area contributed by atoms with Crippen LogP contribution in [-0.4, -0.2) is 30.6 Å². The van der Waals surface area contributed by atoms with E-state index in [9.17, 15) is 9.59 Å². The van der Waals surface area contributed by atoms with Crippen molar-refractivity contribution in [2.75, 3.05) is 18.9 Å². The number of carboxylic acid groups (broad SMARTS) is 1. The van der Waals surface area contributed by atoms with E-state index in [0.717, 1.165) is 18.5 Å². The summed E-state index contributed by atoms with van der Waals surface area (Å²) in [6.07, 6.45) is 1.71. The molecule has 0 aliphatic heterocycles. The van der Waals surface area contributed by atoms with Crippen LogP contribution < -0.4 is 10.6 Å². The van der Waals surface area contributed by atoms with Crippen molar-refractivity contribution in [2.24, 2.45) is 0 Å². The van der Waals surface area contributed by atoms with E-state index in [1.165, 1.54) is 0 Å². The van der Waals surface area contributed by atoms with Gasteiger partial charge < -0.3 is 15.7 Å². The van der Waals surface area contributed by atoms with Crippen LogP contribution in [0, 0.1) is 0 Å². The van der Waals surface area contributed by atoms with Gasteiger partial charge in [0.05, 0.1) is 0 Å². The molecule has 0 unspecified atom stereocenters. The molecule has 3 N–H and O–H groups in total. The molecule has 0 atom stereocenters. The van der Waals surface area contributed by atoms with Crippen molar-refractivity contribution >= 4 is 17.6 Å². The molecule has 1 amide bonds. The molecule has 19 heavy (non-hydrogen) atoms. The minimum atomic E-state index is -0.838. The fourth-order valence-corrected chi connectivity index (χ4v) is 1.74. The maximum atomic E-state index is 11.7. The third kappa shape index (κ3) is 6.01. The molecule has 1 aromatic rings. The van der Waals surface area contributed by atoms with E-state index >= 15 is 0 Å². The van der Waals surface area contributed by atoms with Crippen molar-refractivity contribution in [1.29, 1.82) is 0 Å². The molecule has 0 spiro atoms. The summed E-state index contributed by atoms with van der Waals surface area (Å²) < 4.78 is 0. The van der Waals surface area contributed by atoms with Crippen molar-refractivity contribution in [1.82, 2.24) is 5.32 Å². The van der Waals surface area contributed by atoms with Gasteiger partial charge in [-0.1, -0.05) is 18.2 Å². The van der Waals surface area contributed by atoms with Crippen molar-refractivity contribution in [3.63, 3.8) is 0 Å². The molecule has 1 rings (SSSR count). The monoisotopic (exact) mass is 264 g/mol. The molecule has 0 bridgehead atoms. The largest absolute Gasteiger partial charge is 0.481 e. The number of rotatable bonds is 8. The number of hydrogen-bond acceptors (Lipinski definition) is 3. The number of aliphatic carboxylic acids is 1. The lowest BCUT2D eigenvalue weighted by Crippen LogP contribution is -2.16. The molecule has 0 saturated carbocycles. The average Bonchev–Trinajstić information content (AvgIpc) is 2.38. The van der Waals surface area contributed by atoms with Gasteiger partial charge in [-0.3, -0.25) is 9.59 Å². The molecule has 5 nitrogen and oxygen atoms in total. The van der Waals surface area contributed by atoms with Gasteiger partial charge in [0.15, 0.2) is 0 Å². The van der Waals surface area contributed by atoms with Crippen LogP contribution in [0.15, 0.2) is 24.3 Å². The Morgan fingerprint density at radius 1 is 1.21 bits per heavy atom. The zero-order chi connectivity index (χ0) is 14.1. The van der Waals surface area contributed by atoms with Crippen molar-refractivity contribution in [3.8, 4) is 0 Å². The lowest BCUT2D eigenvalue weighted by atomic mass is 10.1. The minimum absolute atomic E-state index is 0.0435. The third-order valence-corrected chi connectivity index (χ3v) is 2.73. The maximum Gasteiger partial charge on any atom is 0.303 e. The first-order valence-corrected chi connectivity index (χ1v) is 6.37. The molecule has 0 aliphatic carbocycles. The summed E-state index contributed by atoms with van der Waals surface area (Å²) in [7, 11) is 1.85. The summed E-state index contributed by atoms with van der Waals surface area (Å²) in [6, 6.07) is 7.31. The molecule has 0 radical (unpaired) electrons. The van der Waals surface area contributed by atoms with Gasteiger partial charge in [-0.15, -0.1) is 0 Å². The molecular formula is C14H20N2O3. The summed E-state index contributed by atoms with van der Waals surface area (Å²) in [5.41, 5.74) is 1.56. The first-order chi connectivity index (χ1) is 9.13. The number of nitrogens with one attached hydrogen (secondary N) is 2. The first kappa shape index (κ1) is 15.2.